The molecule has 0 spiro atoms. The molecule has 1 aromatic carbocycles. The molecule has 1 aromatic heterocycles. The monoisotopic (exact) mass is 398 g/mol. The number of sulfonamides is 1. The van der Waals surface area contributed by atoms with E-state index in [-0.39, 0.29) is 31.2 Å². The van der Waals surface area contributed by atoms with E-state index < -0.39 is 15.8 Å². The fourth-order valence-corrected chi connectivity index (χ4v) is 5.39. The molecule has 6 nitrogen and oxygen atoms in total. The lowest BCUT2D eigenvalue weighted by Crippen LogP contribution is -2.50. The summed E-state index contributed by atoms with van der Waals surface area (Å²) in [5, 5.41) is 1.72. The summed E-state index contributed by atoms with van der Waals surface area (Å²) in [7, 11) is -2.11. The van der Waals surface area contributed by atoms with Crippen LogP contribution in [0.25, 0.3) is 0 Å². The molecule has 1 saturated heterocycles. The number of carbonyl (C=O) groups excluding carboxylic acids is 1. The van der Waals surface area contributed by atoms with E-state index in [1.807, 2.05) is 0 Å². The first-order valence-electron chi connectivity index (χ1n) is 8.05. The van der Waals surface area contributed by atoms with Gasteiger partial charge in [0.15, 0.2) is 11.6 Å². The Morgan fingerprint density at radius 2 is 1.96 bits per heavy atom. The number of ether oxygens (including phenoxy) is 1. The summed E-state index contributed by atoms with van der Waals surface area (Å²) in [6.07, 6.45) is 0.0680. The molecule has 0 unspecified atom stereocenters. The second-order valence-electron chi connectivity index (χ2n) is 5.86. The first kappa shape index (κ1) is 18.8. The van der Waals surface area contributed by atoms with Gasteiger partial charge in [0, 0.05) is 26.2 Å². The Hall–Kier alpha value is -1.97. The van der Waals surface area contributed by atoms with Crippen molar-refractivity contribution >= 4 is 27.3 Å². The van der Waals surface area contributed by atoms with Crippen LogP contribution < -0.4 is 4.74 Å². The molecular formula is C17H19FN2O4S2. The van der Waals surface area contributed by atoms with E-state index in [4.69, 9.17) is 4.74 Å². The van der Waals surface area contributed by atoms with Crippen molar-refractivity contribution in [1.82, 2.24) is 9.21 Å². The summed E-state index contributed by atoms with van der Waals surface area (Å²) in [5.74, 6) is -0.527. The topological polar surface area (TPSA) is 66.9 Å². The standard InChI is InChI=1S/C17H19FN2O4S2/c1-24-15-5-4-13(11-14(15)18)12-16(21)19-6-8-20(9-7-19)26(22,23)17-3-2-10-25-17/h2-5,10-11H,6-9,12H2,1H3. The normalized spacial score (nSPS) is 15.8. The number of benzene rings is 1. The quantitative estimate of drug-likeness (QED) is 0.772. The molecule has 0 atom stereocenters. The highest BCUT2D eigenvalue weighted by molar-refractivity contribution is 7.91. The average molecular weight is 398 g/mol. The molecule has 1 fully saturated rings. The van der Waals surface area contributed by atoms with Crippen molar-refractivity contribution in [3.05, 3.63) is 47.1 Å². The van der Waals surface area contributed by atoms with Crippen molar-refractivity contribution < 1.29 is 22.3 Å². The fourth-order valence-electron chi connectivity index (χ4n) is 2.82. The summed E-state index contributed by atoms with van der Waals surface area (Å²) in [5.41, 5.74) is 0.557. The average Bonchev–Trinajstić information content (AvgIpc) is 3.17. The number of hydrogen-bond donors (Lipinski definition) is 0. The molecular weight excluding hydrogens is 379 g/mol. The third-order valence-electron chi connectivity index (χ3n) is 4.25. The van der Waals surface area contributed by atoms with Gasteiger partial charge >= 0.3 is 0 Å². The van der Waals surface area contributed by atoms with Crippen molar-refractivity contribution in [1.29, 1.82) is 0 Å². The highest BCUT2D eigenvalue weighted by atomic mass is 32.2. The second kappa shape index (κ2) is 7.73. The van der Waals surface area contributed by atoms with Gasteiger partial charge in [0.25, 0.3) is 10.0 Å². The second-order valence-corrected chi connectivity index (χ2v) is 8.98. The van der Waals surface area contributed by atoms with Crippen LogP contribution in [0.1, 0.15) is 5.56 Å². The SMILES string of the molecule is COc1ccc(CC(=O)N2CCN(S(=O)(=O)c3cccs3)CC2)cc1F. The van der Waals surface area contributed by atoms with Crippen molar-refractivity contribution in [3.8, 4) is 5.75 Å². The Morgan fingerprint density at radius 3 is 2.54 bits per heavy atom. The zero-order valence-corrected chi connectivity index (χ0v) is 15.9. The van der Waals surface area contributed by atoms with Crippen LogP contribution in [0.5, 0.6) is 5.75 Å². The minimum atomic E-state index is -3.49. The molecule has 2 aromatic rings. The molecule has 1 amide bonds. The molecule has 0 radical (unpaired) electrons. The lowest BCUT2D eigenvalue weighted by atomic mass is 10.1. The van der Waals surface area contributed by atoms with Crippen LogP contribution in [0.2, 0.25) is 0 Å². The van der Waals surface area contributed by atoms with Crippen LogP contribution in [-0.4, -0.2) is 56.8 Å². The first-order chi connectivity index (χ1) is 12.4. The molecule has 3 rings (SSSR count). The van der Waals surface area contributed by atoms with Crippen LogP contribution in [0.15, 0.2) is 39.9 Å². The van der Waals surface area contributed by atoms with Gasteiger partial charge in [0.05, 0.1) is 13.5 Å². The van der Waals surface area contributed by atoms with E-state index in [1.54, 1.807) is 28.5 Å². The zero-order valence-electron chi connectivity index (χ0n) is 14.2. The summed E-state index contributed by atoms with van der Waals surface area (Å²) in [6, 6.07) is 7.70. The molecule has 26 heavy (non-hydrogen) atoms. The molecule has 0 aliphatic carbocycles. The third kappa shape index (κ3) is 3.89. The highest BCUT2D eigenvalue weighted by Crippen LogP contribution is 2.22. The first-order valence-corrected chi connectivity index (χ1v) is 10.4. The summed E-state index contributed by atoms with van der Waals surface area (Å²) in [6.45, 7) is 1.15. The number of amides is 1. The molecule has 1 aliphatic heterocycles. The summed E-state index contributed by atoms with van der Waals surface area (Å²) < 4.78 is 45.3. The molecule has 140 valence electrons. The van der Waals surface area contributed by atoms with E-state index >= 15 is 0 Å². The van der Waals surface area contributed by atoms with Gasteiger partial charge in [-0.1, -0.05) is 12.1 Å². The number of carbonyl (C=O) groups is 1. The van der Waals surface area contributed by atoms with E-state index in [1.165, 1.54) is 34.9 Å². The van der Waals surface area contributed by atoms with Gasteiger partial charge in [-0.05, 0) is 29.1 Å². The molecule has 2 heterocycles. The fraction of sp³-hybridized carbons (Fsp3) is 0.353. The van der Waals surface area contributed by atoms with Crippen LogP contribution in [-0.2, 0) is 21.2 Å². The van der Waals surface area contributed by atoms with E-state index in [0.29, 0.717) is 22.9 Å². The number of hydrogen-bond acceptors (Lipinski definition) is 5. The van der Waals surface area contributed by atoms with Crippen molar-refractivity contribution in [2.45, 2.75) is 10.6 Å². The lowest BCUT2D eigenvalue weighted by molar-refractivity contribution is -0.131. The minimum Gasteiger partial charge on any atom is -0.494 e. The summed E-state index contributed by atoms with van der Waals surface area (Å²) in [4.78, 5) is 14.0. The Labute approximate surface area is 155 Å². The molecule has 1 aliphatic rings. The zero-order chi connectivity index (χ0) is 18.7. The van der Waals surface area contributed by atoms with Gasteiger partial charge in [-0.15, -0.1) is 11.3 Å². The molecule has 0 N–H and O–H groups in total. The van der Waals surface area contributed by atoms with Crippen molar-refractivity contribution in [2.24, 2.45) is 0 Å². The maximum Gasteiger partial charge on any atom is 0.252 e. The van der Waals surface area contributed by atoms with Gasteiger partial charge in [0.1, 0.15) is 4.21 Å². The Bertz CT molecular complexity index is 876. The molecule has 0 bridgehead atoms. The largest absolute Gasteiger partial charge is 0.494 e. The van der Waals surface area contributed by atoms with E-state index in [9.17, 15) is 17.6 Å². The van der Waals surface area contributed by atoms with Gasteiger partial charge in [-0.25, -0.2) is 12.8 Å². The number of rotatable bonds is 5. The molecule has 0 saturated carbocycles. The van der Waals surface area contributed by atoms with Crippen LogP contribution >= 0.6 is 11.3 Å². The Kier molecular flexibility index (Phi) is 5.59. The predicted octanol–water partition coefficient (Wildman–Crippen LogP) is 1.97. The summed E-state index contributed by atoms with van der Waals surface area (Å²) >= 11 is 1.18. The number of nitrogens with zero attached hydrogens (tertiary/aromatic N) is 2. The third-order valence-corrected chi connectivity index (χ3v) is 7.52. The van der Waals surface area contributed by atoms with Crippen LogP contribution in [0.4, 0.5) is 4.39 Å². The van der Waals surface area contributed by atoms with E-state index in [2.05, 4.69) is 0 Å². The maximum atomic E-state index is 13.7. The van der Waals surface area contributed by atoms with Crippen molar-refractivity contribution in [2.75, 3.05) is 33.3 Å². The lowest BCUT2D eigenvalue weighted by Gasteiger charge is -2.33. The predicted molar refractivity (Wildman–Crippen MR) is 96.3 cm³/mol. The van der Waals surface area contributed by atoms with Gasteiger partial charge < -0.3 is 9.64 Å². The number of halogens is 1. The van der Waals surface area contributed by atoms with Gasteiger partial charge in [-0.2, -0.15) is 4.31 Å². The van der Waals surface area contributed by atoms with E-state index in [0.717, 1.165) is 0 Å². The number of methoxy groups -OCH3 is 1. The maximum absolute atomic E-state index is 13.7. The van der Waals surface area contributed by atoms with Gasteiger partial charge in [0.2, 0.25) is 5.91 Å². The smallest absolute Gasteiger partial charge is 0.252 e. The number of thiophene rings is 1. The minimum absolute atomic E-state index is 0.0680. The van der Waals surface area contributed by atoms with Crippen molar-refractivity contribution in [3.63, 3.8) is 0 Å². The molecule has 9 heteroatoms. The Morgan fingerprint density at radius 1 is 1.23 bits per heavy atom. The van der Waals surface area contributed by atoms with Crippen LogP contribution in [0, 0.1) is 5.82 Å². The van der Waals surface area contributed by atoms with Gasteiger partial charge in [-0.3, -0.25) is 4.79 Å². The number of piperazine rings is 1. The Balaban J connectivity index is 1.59. The van der Waals surface area contributed by atoms with Crippen LogP contribution in [0.3, 0.4) is 0 Å². The highest BCUT2D eigenvalue weighted by Gasteiger charge is 2.30.